The first-order valence-corrected chi connectivity index (χ1v) is 8.75. The number of rotatable bonds is 7. The molecule has 0 spiro atoms. The van der Waals surface area contributed by atoms with Crippen LogP contribution in [0.5, 0.6) is 0 Å². The standard InChI is InChI=1S/C14H26N2O3S/c1-3-11-6-8-16(12(10-11)13(17)18)14(19)15-7-4-5-9-20-2/h11-12H,3-10H2,1-2H3,(H,15,19)(H,17,18). The maximum atomic E-state index is 12.1. The number of nitrogens with one attached hydrogen (secondary N) is 1. The summed E-state index contributed by atoms with van der Waals surface area (Å²) in [5.74, 6) is 0.623. The van der Waals surface area contributed by atoms with Gasteiger partial charge in [-0.25, -0.2) is 9.59 Å². The molecule has 1 aliphatic heterocycles. The van der Waals surface area contributed by atoms with E-state index >= 15 is 0 Å². The molecule has 2 atom stereocenters. The van der Waals surface area contributed by atoms with Crippen LogP contribution >= 0.6 is 11.8 Å². The summed E-state index contributed by atoms with van der Waals surface area (Å²) in [5, 5.41) is 12.1. The van der Waals surface area contributed by atoms with E-state index in [1.54, 1.807) is 11.8 Å². The van der Waals surface area contributed by atoms with Gasteiger partial charge in [-0.3, -0.25) is 0 Å². The van der Waals surface area contributed by atoms with Crippen LogP contribution in [0.4, 0.5) is 4.79 Å². The third-order valence-corrected chi connectivity index (χ3v) is 4.58. The highest BCUT2D eigenvalue weighted by molar-refractivity contribution is 7.98. The molecule has 5 nitrogen and oxygen atoms in total. The lowest BCUT2D eigenvalue weighted by molar-refractivity contribution is -0.144. The number of thioether (sulfide) groups is 1. The molecule has 0 aromatic rings. The van der Waals surface area contributed by atoms with E-state index in [2.05, 4.69) is 18.5 Å². The second-order valence-corrected chi connectivity index (χ2v) is 6.26. The lowest BCUT2D eigenvalue weighted by atomic mass is 9.89. The fourth-order valence-electron chi connectivity index (χ4n) is 2.55. The number of hydrogen-bond acceptors (Lipinski definition) is 3. The van der Waals surface area contributed by atoms with E-state index in [1.807, 2.05) is 0 Å². The van der Waals surface area contributed by atoms with Gasteiger partial charge in [0.15, 0.2) is 0 Å². The van der Waals surface area contributed by atoms with E-state index in [-0.39, 0.29) is 6.03 Å². The van der Waals surface area contributed by atoms with Gasteiger partial charge >= 0.3 is 12.0 Å². The van der Waals surface area contributed by atoms with E-state index in [0.717, 1.165) is 31.4 Å². The zero-order chi connectivity index (χ0) is 15.0. The monoisotopic (exact) mass is 302 g/mol. The number of urea groups is 1. The van der Waals surface area contributed by atoms with Gasteiger partial charge in [-0.15, -0.1) is 0 Å². The maximum absolute atomic E-state index is 12.1. The quantitative estimate of drug-likeness (QED) is 0.709. The van der Waals surface area contributed by atoms with Crippen LogP contribution in [0, 0.1) is 5.92 Å². The molecular weight excluding hydrogens is 276 g/mol. The van der Waals surface area contributed by atoms with Crippen molar-refractivity contribution in [2.45, 2.75) is 45.1 Å². The summed E-state index contributed by atoms with van der Waals surface area (Å²) in [7, 11) is 0. The number of piperidine rings is 1. The number of amides is 2. The summed E-state index contributed by atoms with van der Waals surface area (Å²) >= 11 is 1.79. The minimum atomic E-state index is -0.888. The van der Waals surface area contributed by atoms with Crippen LogP contribution in [-0.2, 0) is 4.79 Å². The number of aliphatic carboxylic acids is 1. The largest absolute Gasteiger partial charge is 0.480 e. The Morgan fingerprint density at radius 1 is 1.40 bits per heavy atom. The van der Waals surface area contributed by atoms with E-state index in [9.17, 15) is 14.7 Å². The van der Waals surface area contributed by atoms with Crippen molar-refractivity contribution in [3.05, 3.63) is 0 Å². The molecule has 0 bridgehead atoms. The zero-order valence-corrected chi connectivity index (χ0v) is 13.2. The SMILES string of the molecule is CCC1CCN(C(=O)NCCCCSC)C(C(=O)O)C1. The molecule has 2 N–H and O–H groups in total. The molecule has 6 heteroatoms. The van der Waals surface area contributed by atoms with Gasteiger partial charge < -0.3 is 15.3 Å². The number of nitrogens with zero attached hydrogens (tertiary/aromatic N) is 1. The zero-order valence-electron chi connectivity index (χ0n) is 12.4. The fraction of sp³-hybridized carbons (Fsp3) is 0.857. The first kappa shape index (κ1) is 17.1. The molecule has 2 unspecified atom stereocenters. The summed E-state index contributed by atoms with van der Waals surface area (Å²) in [6.07, 6.45) is 6.53. The highest BCUT2D eigenvalue weighted by Crippen LogP contribution is 2.25. The van der Waals surface area contributed by atoms with Gasteiger partial charge in [0, 0.05) is 13.1 Å². The number of hydrogen-bond donors (Lipinski definition) is 2. The molecule has 1 aliphatic rings. The van der Waals surface area contributed by atoms with Crippen molar-refractivity contribution in [1.82, 2.24) is 10.2 Å². The summed E-state index contributed by atoms with van der Waals surface area (Å²) in [6, 6.07) is -0.893. The number of unbranched alkanes of at least 4 members (excludes halogenated alkanes) is 1. The van der Waals surface area contributed by atoms with E-state index in [1.165, 1.54) is 4.90 Å². The second kappa shape index (κ2) is 9.10. The molecule has 0 aromatic carbocycles. The molecule has 1 fully saturated rings. The van der Waals surface area contributed by atoms with Gasteiger partial charge in [0.05, 0.1) is 0 Å². The van der Waals surface area contributed by atoms with Gasteiger partial charge in [-0.2, -0.15) is 11.8 Å². The van der Waals surface area contributed by atoms with Crippen molar-refractivity contribution >= 4 is 23.8 Å². The molecule has 1 saturated heterocycles. The second-order valence-electron chi connectivity index (χ2n) is 5.28. The molecule has 116 valence electrons. The van der Waals surface area contributed by atoms with Crippen molar-refractivity contribution in [3.63, 3.8) is 0 Å². The van der Waals surface area contributed by atoms with Crippen molar-refractivity contribution in [2.75, 3.05) is 25.1 Å². The van der Waals surface area contributed by atoms with Crippen LogP contribution in [0.25, 0.3) is 0 Å². The number of carbonyl (C=O) groups is 2. The van der Waals surface area contributed by atoms with Crippen LogP contribution in [0.3, 0.4) is 0 Å². The number of likely N-dealkylation sites (tertiary alicyclic amines) is 1. The lowest BCUT2D eigenvalue weighted by Gasteiger charge is -2.36. The normalized spacial score (nSPS) is 22.6. The van der Waals surface area contributed by atoms with Gasteiger partial charge in [0.1, 0.15) is 6.04 Å². The Hall–Kier alpha value is -0.910. The summed E-state index contributed by atoms with van der Waals surface area (Å²) in [5.41, 5.74) is 0. The minimum Gasteiger partial charge on any atom is -0.480 e. The molecule has 0 radical (unpaired) electrons. The minimum absolute atomic E-state index is 0.226. The Labute approximate surface area is 125 Å². The van der Waals surface area contributed by atoms with Gasteiger partial charge in [-0.1, -0.05) is 13.3 Å². The number of carboxylic acids is 1. The average molecular weight is 302 g/mol. The highest BCUT2D eigenvalue weighted by Gasteiger charge is 2.35. The third kappa shape index (κ3) is 5.23. The maximum Gasteiger partial charge on any atom is 0.326 e. The summed E-state index contributed by atoms with van der Waals surface area (Å²) < 4.78 is 0. The Morgan fingerprint density at radius 2 is 2.15 bits per heavy atom. The predicted octanol–water partition coefficient (Wildman–Crippen LogP) is 2.41. The van der Waals surface area contributed by atoms with Gasteiger partial charge in [-0.05, 0) is 43.6 Å². The average Bonchev–Trinajstić information content (AvgIpc) is 2.46. The van der Waals surface area contributed by atoms with Crippen LogP contribution in [0.1, 0.15) is 39.0 Å². The number of carboxylic acid groups (broad SMARTS) is 1. The molecular formula is C14H26N2O3S. The topological polar surface area (TPSA) is 69.6 Å². The smallest absolute Gasteiger partial charge is 0.326 e. The van der Waals surface area contributed by atoms with Gasteiger partial charge in [0.2, 0.25) is 0 Å². The van der Waals surface area contributed by atoms with Crippen LogP contribution < -0.4 is 5.32 Å². The van der Waals surface area contributed by atoms with E-state index in [4.69, 9.17) is 0 Å². The highest BCUT2D eigenvalue weighted by atomic mass is 32.2. The Bertz CT molecular complexity index is 326. The molecule has 0 aliphatic carbocycles. The molecule has 0 saturated carbocycles. The molecule has 2 amide bonds. The molecule has 1 rings (SSSR count). The van der Waals surface area contributed by atoms with Crippen molar-refractivity contribution in [1.29, 1.82) is 0 Å². The molecule has 0 aromatic heterocycles. The van der Waals surface area contributed by atoms with E-state index in [0.29, 0.717) is 25.4 Å². The predicted molar refractivity (Wildman–Crippen MR) is 82.2 cm³/mol. The molecule has 20 heavy (non-hydrogen) atoms. The van der Waals surface area contributed by atoms with E-state index < -0.39 is 12.0 Å². The van der Waals surface area contributed by atoms with Crippen LogP contribution in [0.2, 0.25) is 0 Å². The van der Waals surface area contributed by atoms with Crippen molar-refractivity contribution < 1.29 is 14.7 Å². The Kier molecular flexibility index (Phi) is 7.80. The lowest BCUT2D eigenvalue weighted by Crippen LogP contribution is -2.53. The van der Waals surface area contributed by atoms with Crippen LogP contribution in [-0.4, -0.2) is 53.1 Å². The Balaban J connectivity index is 2.42. The Morgan fingerprint density at radius 3 is 2.75 bits per heavy atom. The van der Waals surface area contributed by atoms with Crippen molar-refractivity contribution in [2.24, 2.45) is 5.92 Å². The fourth-order valence-corrected chi connectivity index (χ4v) is 3.05. The first-order chi connectivity index (χ1) is 9.60. The third-order valence-electron chi connectivity index (χ3n) is 3.89. The van der Waals surface area contributed by atoms with Crippen molar-refractivity contribution in [3.8, 4) is 0 Å². The molecule has 1 heterocycles. The first-order valence-electron chi connectivity index (χ1n) is 7.36. The summed E-state index contributed by atoms with van der Waals surface area (Å²) in [6.45, 7) is 3.25. The van der Waals surface area contributed by atoms with Crippen LogP contribution in [0.15, 0.2) is 0 Å². The number of carbonyl (C=O) groups excluding carboxylic acids is 1. The summed E-state index contributed by atoms with van der Waals surface area (Å²) in [4.78, 5) is 24.9. The van der Waals surface area contributed by atoms with Gasteiger partial charge in [0.25, 0.3) is 0 Å².